The molecule has 2 aromatic carbocycles. The number of furan rings is 1. The van der Waals surface area contributed by atoms with Gasteiger partial charge in [0.15, 0.2) is 15.6 Å². The second-order valence-corrected chi connectivity index (χ2v) is 10.2. The van der Waals surface area contributed by atoms with E-state index in [1.807, 2.05) is 24.3 Å². The molecule has 158 valence electrons. The molecule has 1 amide bonds. The van der Waals surface area contributed by atoms with Gasteiger partial charge in [0.05, 0.1) is 5.75 Å². The first kappa shape index (κ1) is 20.6. The molecule has 7 heteroatoms. The molecule has 0 spiro atoms. The fraction of sp³-hybridized carbons (Fsp3) is 0.348. The maximum Gasteiger partial charge on any atom is 0.287 e. The summed E-state index contributed by atoms with van der Waals surface area (Å²) < 4.78 is 29.6. The van der Waals surface area contributed by atoms with Crippen molar-refractivity contribution in [2.24, 2.45) is 0 Å². The SMILES string of the molecule is CC(c1ccccc1)N1CCC(NC(=O)c2oc3ccccc3c2CS(C)(=O)=O)C1. The second kappa shape index (κ2) is 8.24. The standard InChI is InChI=1S/C23H26N2O4S/c1-16(17-8-4-3-5-9-17)25-13-12-18(14-25)24-23(26)22-20(15-30(2,27)28)19-10-6-7-11-21(19)29-22/h3-11,16,18H,12-15H2,1-2H3,(H,24,26). The van der Waals surface area contributed by atoms with E-state index >= 15 is 0 Å². The highest BCUT2D eigenvalue weighted by Gasteiger charge is 2.30. The molecule has 0 saturated carbocycles. The Bertz CT molecular complexity index is 1150. The lowest BCUT2D eigenvalue weighted by molar-refractivity contribution is 0.0909. The molecule has 1 aromatic heterocycles. The highest BCUT2D eigenvalue weighted by atomic mass is 32.2. The van der Waals surface area contributed by atoms with Crippen LogP contribution in [0.1, 0.15) is 41.1 Å². The Morgan fingerprint density at radius 3 is 2.60 bits per heavy atom. The van der Waals surface area contributed by atoms with Gasteiger partial charge in [0.25, 0.3) is 5.91 Å². The molecule has 30 heavy (non-hydrogen) atoms. The number of rotatable bonds is 6. The zero-order valence-electron chi connectivity index (χ0n) is 17.2. The second-order valence-electron chi connectivity index (χ2n) is 8.02. The van der Waals surface area contributed by atoms with Gasteiger partial charge in [-0.3, -0.25) is 9.69 Å². The summed E-state index contributed by atoms with van der Waals surface area (Å²) in [5, 5.41) is 3.71. The van der Waals surface area contributed by atoms with E-state index in [2.05, 4.69) is 29.3 Å². The number of hydrogen-bond donors (Lipinski definition) is 1. The Kier molecular flexibility index (Phi) is 5.66. The molecule has 1 N–H and O–H groups in total. The van der Waals surface area contributed by atoms with E-state index in [-0.39, 0.29) is 29.5 Å². The molecule has 0 radical (unpaired) electrons. The van der Waals surface area contributed by atoms with Crippen LogP contribution in [0.25, 0.3) is 11.0 Å². The summed E-state index contributed by atoms with van der Waals surface area (Å²) in [6, 6.07) is 17.7. The minimum atomic E-state index is -3.32. The number of hydrogen-bond acceptors (Lipinski definition) is 5. The first-order valence-corrected chi connectivity index (χ1v) is 12.2. The van der Waals surface area contributed by atoms with Crippen LogP contribution in [-0.2, 0) is 15.6 Å². The number of amides is 1. The summed E-state index contributed by atoms with van der Waals surface area (Å²) in [5.41, 5.74) is 2.20. The van der Waals surface area contributed by atoms with Crippen LogP contribution in [0.2, 0.25) is 0 Å². The van der Waals surface area contributed by atoms with Crippen LogP contribution in [0.4, 0.5) is 0 Å². The molecule has 1 saturated heterocycles. The minimum absolute atomic E-state index is 0.0111. The molecule has 6 nitrogen and oxygen atoms in total. The topological polar surface area (TPSA) is 79.6 Å². The van der Waals surface area contributed by atoms with Crippen molar-refractivity contribution < 1.29 is 17.6 Å². The monoisotopic (exact) mass is 426 g/mol. The number of likely N-dealkylation sites (tertiary alicyclic amines) is 1. The first-order valence-electron chi connectivity index (χ1n) is 10.1. The van der Waals surface area contributed by atoms with Crippen LogP contribution >= 0.6 is 0 Å². The number of nitrogens with one attached hydrogen (secondary N) is 1. The zero-order chi connectivity index (χ0) is 21.3. The number of fused-ring (bicyclic) bond motifs is 1. The molecule has 3 aromatic rings. The van der Waals surface area contributed by atoms with Crippen molar-refractivity contribution in [1.29, 1.82) is 0 Å². The highest BCUT2D eigenvalue weighted by molar-refractivity contribution is 7.89. The molecule has 2 atom stereocenters. The van der Waals surface area contributed by atoms with Crippen LogP contribution < -0.4 is 5.32 Å². The number of carbonyl (C=O) groups is 1. The molecule has 2 heterocycles. The molecule has 1 aliphatic heterocycles. The first-order chi connectivity index (χ1) is 14.3. The molecular formula is C23H26N2O4S. The van der Waals surface area contributed by atoms with Crippen molar-refractivity contribution in [1.82, 2.24) is 10.2 Å². The Morgan fingerprint density at radius 1 is 1.17 bits per heavy atom. The van der Waals surface area contributed by atoms with Gasteiger partial charge in [-0.1, -0.05) is 48.5 Å². The molecule has 0 bridgehead atoms. The summed E-state index contributed by atoms with van der Waals surface area (Å²) in [6.45, 7) is 3.80. The lowest BCUT2D eigenvalue weighted by atomic mass is 10.1. The molecule has 2 unspecified atom stereocenters. The number of para-hydroxylation sites is 1. The summed E-state index contributed by atoms with van der Waals surface area (Å²) in [6.07, 6.45) is 2.00. The lowest BCUT2D eigenvalue weighted by Gasteiger charge is -2.24. The molecule has 1 fully saturated rings. The van der Waals surface area contributed by atoms with Crippen molar-refractivity contribution in [3.8, 4) is 0 Å². The van der Waals surface area contributed by atoms with Crippen LogP contribution in [0.3, 0.4) is 0 Å². The summed E-state index contributed by atoms with van der Waals surface area (Å²) in [4.78, 5) is 15.3. The number of benzene rings is 2. The van der Waals surface area contributed by atoms with Gasteiger partial charge in [0, 0.05) is 42.4 Å². The van der Waals surface area contributed by atoms with Crippen LogP contribution in [0.5, 0.6) is 0 Å². The van der Waals surface area contributed by atoms with E-state index in [1.54, 1.807) is 18.2 Å². The lowest BCUT2D eigenvalue weighted by Crippen LogP contribution is -2.37. The zero-order valence-corrected chi connectivity index (χ0v) is 18.0. The summed E-state index contributed by atoms with van der Waals surface area (Å²) >= 11 is 0. The van der Waals surface area contributed by atoms with Crippen molar-refractivity contribution in [3.63, 3.8) is 0 Å². The smallest absolute Gasteiger partial charge is 0.287 e. The van der Waals surface area contributed by atoms with Crippen LogP contribution in [-0.4, -0.2) is 44.6 Å². The Labute approximate surface area is 176 Å². The summed E-state index contributed by atoms with van der Waals surface area (Å²) in [5.74, 6) is -0.491. The molecule has 0 aliphatic carbocycles. The quantitative estimate of drug-likeness (QED) is 0.652. The third-order valence-corrected chi connectivity index (χ3v) is 6.51. The van der Waals surface area contributed by atoms with Gasteiger partial charge in [-0.05, 0) is 25.0 Å². The Hall–Kier alpha value is -2.64. The van der Waals surface area contributed by atoms with E-state index in [0.717, 1.165) is 25.8 Å². The highest BCUT2D eigenvalue weighted by Crippen LogP contribution is 2.29. The largest absolute Gasteiger partial charge is 0.451 e. The van der Waals surface area contributed by atoms with Crippen LogP contribution in [0, 0.1) is 0 Å². The summed E-state index contributed by atoms with van der Waals surface area (Å²) in [7, 11) is -3.32. The van der Waals surface area contributed by atoms with Gasteiger partial charge in [0.1, 0.15) is 5.58 Å². The van der Waals surface area contributed by atoms with Gasteiger partial charge >= 0.3 is 0 Å². The van der Waals surface area contributed by atoms with Gasteiger partial charge in [0.2, 0.25) is 0 Å². The maximum absolute atomic E-state index is 13.0. The van der Waals surface area contributed by atoms with Crippen molar-refractivity contribution >= 4 is 26.7 Å². The van der Waals surface area contributed by atoms with Gasteiger partial charge in [-0.25, -0.2) is 8.42 Å². The van der Waals surface area contributed by atoms with E-state index in [0.29, 0.717) is 16.5 Å². The van der Waals surface area contributed by atoms with E-state index < -0.39 is 9.84 Å². The van der Waals surface area contributed by atoms with Crippen molar-refractivity contribution in [3.05, 3.63) is 71.5 Å². The molecule has 4 rings (SSSR count). The molecule has 1 aliphatic rings. The van der Waals surface area contributed by atoms with Crippen molar-refractivity contribution in [2.75, 3.05) is 19.3 Å². The third-order valence-electron chi connectivity index (χ3n) is 5.70. The van der Waals surface area contributed by atoms with Gasteiger partial charge in [-0.15, -0.1) is 0 Å². The average molecular weight is 427 g/mol. The predicted octanol–water partition coefficient (Wildman–Crippen LogP) is 3.54. The Morgan fingerprint density at radius 2 is 1.87 bits per heavy atom. The van der Waals surface area contributed by atoms with Gasteiger partial charge in [-0.2, -0.15) is 0 Å². The molecular weight excluding hydrogens is 400 g/mol. The van der Waals surface area contributed by atoms with E-state index in [9.17, 15) is 13.2 Å². The maximum atomic E-state index is 13.0. The predicted molar refractivity (Wildman–Crippen MR) is 117 cm³/mol. The van der Waals surface area contributed by atoms with Gasteiger partial charge < -0.3 is 9.73 Å². The number of sulfone groups is 1. The normalized spacial score (nSPS) is 18.5. The van der Waals surface area contributed by atoms with E-state index in [1.165, 1.54) is 5.56 Å². The van der Waals surface area contributed by atoms with Crippen molar-refractivity contribution in [2.45, 2.75) is 31.2 Å². The Balaban J connectivity index is 1.51. The third kappa shape index (κ3) is 4.42. The van der Waals surface area contributed by atoms with Crippen LogP contribution in [0.15, 0.2) is 59.0 Å². The number of nitrogens with zero attached hydrogens (tertiary/aromatic N) is 1. The minimum Gasteiger partial charge on any atom is -0.451 e. The fourth-order valence-electron chi connectivity index (χ4n) is 4.14. The number of carbonyl (C=O) groups excluding carboxylic acids is 1. The van der Waals surface area contributed by atoms with E-state index in [4.69, 9.17) is 4.42 Å². The average Bonchev–Trinajstić information content (AvgIpc) is 3.32. The fourth-order valence-corrected chi connectivity index (χ4v) is 4.95.